The minimum atomic E-state index is -0.241. The predicted octanol–water partition coefficient (Wildman–Crippen LogP) is 4.50. The minimum absolute atomic E-state index is 0.00996. The first kappa shape index (κ1) is 13.3. The molecule has 1 N–H and O–H groups in total. The Bertz CT molecular complexity index is 731. The number of thiophene rings is 1. The third-order valence-corrected chi connectivity index (χ3v) is 4.68. The first-order valence-electron chi connectivity index (χ1n) is 6.66. The van der Waals surface area contributed by atoms with E-state index in [4.69, 9.17) is 4.42 Å². The second-order valence-electron chi connectivity index (χ2n) is 4.71. The molecule has 0 amide bonds. The number of fused-ring (bicyclic) bond motifs is 1. The van der Waals surface area contributed by atoms with Gasteiger partial charge in [0.05, 0.1) is 0 Å². The van der Waals surface area contributed by atoms with Crippen LogP contribution in [0.15, 0.2) is 40.8 Å². The van der Waals surface area contributed by atoms with Crippen LogP contribution in [-0.4, -0.2) is 7.05 Å². The molecule has 3 rings (SSSR count). The van der Waals surface area contributed by atoms with Gasteiger partial charge in [0.1, 0.15) is 23.2 Å². The number of aryl methyl sites for hydroxylation is 1. The molecule has 0 spiro atoms. The van der Waals surface area contributed by atoms with Crippen LogP contribution in [0.1, 0.15) is 28.5 Å². The van der Waals surface area contributed by atoms with Crippen molar-refractivity contribution in [2.75, 3.05) is 7.05 Å². The maximum absolute atomic E-state index is 13.2. The van der Waals surface area contributed by atoms with E-state index in [9.17, 15) is 4.39 Å². The molecule has 0 fully saturated rings. The van der Waals surface area contributed by atoms with Crippen molar-refractivity contribution < 1.29 is 8.81 Å². The molecule has 104 valence electrons. The fraction of sp³-hybridized carbons (Fsp3) is 0.250. The van der Waals surface area contributed by atoms with Crippen LogP contribution in [0.3, 0.4) is 0 Å². The number of halogens is 1. The normalized spacial score (nSPS) is 12.9. The van der Waals surface area contributed by atoms with Crippen LogP contribution in [0, 0.1) is 5.82 Å². The molecule has 3 aromatic rings. The summed E-state index contributed by atoms with van der Waals surface area (Å²) in [5, 5.41) is 4.07. The molecule has 2 heterocycles. The Labute approximate surface area is 121 Å². The van der Waals surface area contributed by atoms with Crippen molar-refractivity contribution in [3.8, 4) is 0 Å². The van der Waals surface area contributed by atoms with E-state index in [1.54, 1.807) is 17.4 Å². The van der Waals surface area contributed by atoms with E-state index in [0.717, 1.165) is 17.6 Å². The van der Waals surface area contributed by atoms with Gasteiger partial charge in [-0.25, -0.2) is 4.39 Å². The van der Waals surface area contributed by atoms with Gasteiger partial charge in [-0.1, -0.05) is 6.92 Å². The van der Waals surface area contributed by atoms with Crippen molar-refractivity contribution in [2.24, 2.45) is 0 Å². The fourth-order valence-corrected chi connectivity index (χ4v) is 3.41. The molecule has 2 nitrogen and oxygen atoms in total. The molecule has 0 aliphatic heterocycles. The van der Waals surface area contributed by atoms with Crippen molar-refractivity contribution in [1.29, 1.82) is 0 Å². The summed E-state index contributed by atoms with van der Waals surface area (Å²) in [5.74, 6) is 0.577. The van der Waals surface area contributed by atoms with E-state index < -0.39 is 0 Å². The first-order valence-corrected chi connectivity index (χ1v) is 7.47. The second kappa shape index (κ2) is 5.38. The number of benzene rings is 1. The minimum Gasteiger partial charge on any atom is -0.459 e. The van der Waals surface area contributed by atoms with Crippen LogP contribution in [0.25, 0.3) is 11.0 Å². The topological polar surface area (TPSA) is 25.2 Å². The summed E-state index contributed by atoms with van der Waals surface area (Å²) in [5.41, 5.74) is 0.717. The van der Waals surface area contributed by atoms with Gasteiger partial charge >= 0.3 is 0 Å². The Morgan fingerprint density at radius 1 is 1.25 bits per heavy atom. The van der Waals surface area contributed by atoms with Crippen molar-refractivity contribution >= 4 is 22.3 Å². The van der Waals surface area contributed by atoms with Crippen LogP contribution >= 0.6 is 11.3 Å². The SMILES string of the molecule is CCc1ccc(C(NC)c2cc3cc(F)ccc3o2)s1. The maximum atomic E-state index is 13.2. The van der Waals surface area contributed by atoms with Crippen molar-refractivity contribution in [3.63, 3.8) is 0 Å². The van der Waals surface area contributed by atoms with E-state index in [2.05, 4.69) is 24.4 Å². The predicted molar refractivity (Wildman–Crippen MR) is 80.8 cm³/mol. The molecule has 0 aliphatic rings. The number of hydrogen-bond acceptors (Lipinski definition) is 3. The van der Waals surface area contributed by atoms with Crippen molar-refractivity contribution in [3.05, 3.63) is 57.7 Å². The van der Waals surface area contributed by atoms with Crippen molar-refractivity contribution in [1.82, 2.24) is 5.32 Å². The maximum Gasteiger partial charge on any atom is 0.134 e. The van der Waals surface area contributed by atoms with Gasteiger partial charge in [-0.05, 0) is 49.9 Å². The van der Waals surface area contributed by atoms with Gasteiger partial charge in [0.25, 0.3) is 0 Å². The van der Waals surface area contributed by atoms with Crippen LogP contribution in [0.5, 0.6) is 0 Å². The first-order chi connectivity index (χ1) is 9.71. The average molecular weight is 289 g/mol. The Balaban J connectivity index is 2.02. The Morgan fingerprint density at radius 2 is 2.10 bits per heavy atom. The van der Waals surface area contributed by atoms with Gasteiger partial charge < -0.3 is 9.73 Å². The van der Waals surface area contributed by atoms with Crippen LogP contribution in [-0.2, 0) is 6.42 Å². The lowest BCUT2D eigenvalue weighted by atomic mass is 10.1. The number of nitrogens with one attached hydrogen (secondary N) is 1. The van der Waals surface area contributed by atoms with Crippen LogP contribution in [0.2, 0.25) is 0 Å². The lowest BCUT2D eigenvalue weighted by molar-refractivity contribution is 0.495. The van der Waals surface area contributed by atoms with Gasteiger partial charge in [0.15, 0.2) is 0 Å². The second-order valence-corrected chi connectivity index (χ2v) is 5.91. The molecule has 1 atom stereocenters. The van der Waals surface area contributed by atoms with E-state index in [1.165, 1.54) is 21.9 Å². The summed E-state index contributed by atoms with van der Waals surface area (Å²) in [6, 6.07) is 10.8. The van der Waals surface area contributed by atoms with E-state index >= 15 is 0 Å². The summed E-state index contributed by atoms with van der Waals surface area (Å²) in [4.78, 5) is 2.56. The molecule has 0 bridgehead atoms. The summed E-state index contributed by atoms with van der Waals surface area (Å²) in [6.07, 6.45) is 1.03. The molecule has 0 aliphatic carbocycles. The van der Waals surface area contributed by atoms with Gasteiger partial charge in [0, 0.05) is 15.1 Å². The number of furan rings is 1. The fourth-order valence-electron chi connectivity index (χ4n) is 2.34. The molecule has 4 heteroatoms. The highest BCUT2D eigenvalue weighted by molar-refractivity contribution is 7.12. The molecule has 0 radical (unpaired) electrons. The average Bonchev–Trinajstić information content (AvgIpc) is 3.06. The molecule has 0 saturated heterocycles. The van der Waals surface area contributed by atoms with Gasteiger partial charge in [0.2, 0.25) is 0 Å². The third kappa shape index (κ3) is 2.37. The van der Waals surface area contributed by atoms with Gasteiger partial charge in [-0.3, -0.25) is 0 Å². The molecular weight excluding hydrogens is 273 g/mol. The van der Waals surface area contributed by atoms with Crippen LogP contribution < -0.4 is 5.32 Å². The number of hydrogen-bond donors (Lipinski definition) is 1. The summed E-state index contributed by atoms with van der Waals surface area (Å²) in [7, 11) is 1.91. The summed E-state index contributed by atoms with van der Waals surface area (Å²) < 4.78 is 19.1. The largest absolute Gasteiger partial charge is 0.459 e. The number of rotatable bonds is 4. The van der Waals surface area contributed by atoms with E-state index in [0.29, 0.717) is 5.58 Å². The molecule has 2 aromatic heterocycles. The molecular formula is C16H16FNOS. The zero-order valence-electron chi connectivity index (χ0n) is 11.4. The lowest BCUT2D eigenvalue weighted by Crippen LogP contribution is -2.15. The Hall–Kier alpha value is -1.65. The zero-order valence-corrected chi connectivity index (χ0v) is 12.3. The molecule has 1 aromatic carbocycles. The van der Waals surface area contributed by atoms with Gasteiger partial charge in [-0.2, -0.15) is 0 Å². The van der Waals surface area contributed by atoms with Crippen LogP contribution in [0.4, 0.5) is 4.39 Å². The van der Waals surface area contributed by atoms with Gasteiger partial charge in [-0.15, -0.1) is 11.3 Å². The Morgan fingerprint density at radius 3 is 2.80 bits per heavy atom. The highest BCUT2D eigenvalue weighted by atomic mass is 32.1. The zero-order chi connectivity index (χ0) is 14.1. The highest BCUT2D eigenvalue weighted by Crippen LogP contribution is 2.32. The van der Waals surface area contributed by atoms with E-state index in [-0.39, 0.29) is 11.9 Å². The lowest BCUT2D eigenvalue weighted by Gasteiger charge is -2.11. The Kier molecular flexibility index (Phi) is 3.59. The smallest absolute Gasteiger partial charge is 0.134 e. The highest BCUT2D eigenvalue weighted by Gasteiger charge is 2.18. The third-order valence-electron chi connectivity index (χ3n) is 3.39. The molecule has 0 saturated carbocycles. The van der Waals surface area contributed by atoms with Crippen molar-refractivity contribution in [2.45, 2.75) is 19.4 Å². The summed E-state index contributed by atoms with van der Waals surface area (Å²) in [6.45, 7) is 2.15. The quantitative estimate of drug-likeness (QED) is 0.764. The summed E-state index contributed by atoms with van der Waals surface area (Å²) >= 11 is 1.78. The van der Waals surface area contributed by atoms with E-state index in [1.807, 2.05) is 13.1 Å². The molecule has 20 heavy (non-hydrogen) atoms. The monoisotopic (exact) mass is 289 g/mol. The molecule has 1 unspecified atom stereocenters. The standard InChI is InChI=1S/C16H16FNOS/c1-3-12-5-7-15(20-12)16(18-2)14-9-10-8-11(17)4-6-13(10)19-14/h4-9,16,18H,3H2,1-2H3.